The number of nitrogens with zero attached hydrogens (tertiary/aromatic N) is 1. The lowest BCUT2D eigenvalue weighted by Crippen LogP contribution is -2.07. The first-order valence-electron chi connectivity index (χ1n) is 5.95. The van der Waals surface area contributed by atoms with Gasteiger partial charge in [-0.2, -0.15) is 0 Å². The number of amides is 1. The van der Waals surface area contributed by atoms with Gasteiger partial charge in [-0.3, -0.25) is 10.6 Å². The van der Waals surface area contributed by atoms with Gasteiger partial charge in [0.15, 0.2) is 5.13 Å². The topological polar surface area (TPSA) is 80.0 Å². The minimum atomic E-state index is -0.0948. The fourth-order valence-electron chi connectivity index (χ4n) is 1.72. The number of anilines is 2. The van der Waals surface area contributed by atoms with Crippen molar-refractivity contribution in [1.82, 2.24) is 4.98 Å². The van der Waals surface area contributed by atoms with Crippen molar-refractivity contribution in [3.63, 3.8) is 0 Å². The molecule has 0 spiro atoms. The Morgan fingerprint density at radius 1 is 1.42 bits per heavy atom. The number of nitrogen functional groups attached to an aromatic ring is 1. The van der Waals surface area contributed by atoms with Crippen LogP contribution in [-0.4, -0.2) is 10.9 Å². The van der Waals surface area contributed by atoms with Crippen LogP contribution in [0.2, 0.25) is 0 Å². The lowest BCUT2D eigenvalue weighted by molar-refractivity contribution is -0.114. The fourth-order valence-corrected chi connectivity index (χ4v) is 2.51. The molecule has 0 saturated carbocycles. The van der Waals surface area contributed by atoms with E-state index in [-0.39, 0.29) is 5.91 Å². The van der Waals surface area contributed by atoms with Gasteiger partial charge in [0.1, 0.15) is 0 Å². The molecular weight excluding hydrogens is 260 g/mol. The minimum Gasteiger partial charge on any atom is -0.324 e. The van der Waals surface area contributed by atoms with E-state index in [1.165, 1.54) is 23.8 Å². The predicted molar refractivity (Wildman–Crippen MR) is 78.1 cm³/mol. The molecule has 0 aliphatic heterocycles. The maximum absolute atomic E-state index is 10.9. The van der Waals surface area contributed by atoms with Crippen molar-refractivity contribution >= 4 is 28.1 Å². The maximum Gasteiger partial charge on any atom is 0.223 e. The number of hydrogen-bond acceptors (Lipinski definition) is 5. The monoisotopic (exact) mass is 276 g/mol. The summed E-state index contributed by atoms with van der Waals surface area (Å²) in [4.78, 5) is 15.3. The molecule has 0 fully saturated rings. The molecule has 0 atom stereocenters. The summed E-state index contributed by atoms with van der Waals surface area (Å²) in [5.41, 5.74) is 5.71. The van der Waals surface area contributed by atoms with Crippen LogP contribution in [0.15, 0.2) is 29.6 Å². The van der Waals surface area contributed by atoms with Gasteiger partial charge in [0.05, 0.1) is 5.69 Å². The molecule has 1 heterocycles. The molecule has 0 bridgehead atoms. The van der Waals surface area contributed by atoms with Crippen LogP contribution in [0.3, 0.4) is 0 Å². The van der Waals surface area contributed by atoms with Crippen molar-refractivity contribution in [2.45, 2.75) is 19.8 Å². The van der Waals surface area contributed by atoms with Gasteiger partial charge in [0, 0.05) is 18.0 Å². The Balaban J connectivity index is 1.94. The van der Waals surface area contributed by atoms with Crippen molar-refractivity contribution < 1.29 is 4.79 Å². The number of aromatic nitrogens is 1. The number of nitrogens with two attached hydrogens (primary N) is 1. The quantitative estimate of drug-likeness (QED) is 0.577. The molecule has 6 heteroatoms. The first-order valence-corrected chi connectivity index (χ1v) is 6.83. The third-order valence-electron chi connectivity index (χ3n) is 2.60. The van der Waals surface area contributed by atoms with Crippen molar-refractivity contribution in [2.24, 2.45) is 5.84 Å². The molecule has 1 amide bonds. The molecule has 100 valence electrons. The third-order valence-corrected chi connectivity index (χ3v) is 3.40. The first kappa shape index (κ1) is 13.5. The summed E-state index contributed by atoms with van der Waals surface area (Å²) in [5.74, 6) is 5.28. The molecule has 4 N–H and O–H groups in total. The normalized spacial score (nSPS) is 10.2. The van der Waals surface area contributed by atoms with E-state index in [0.29, 0.717) is 5.13 Å². The molecule has 1 aromatic carbocycles. The largest absolute Gasteiger partial charge is 0.324 e. The molecule has 19 heavy (non-hydrogen) atoms. The van der Waals surface area contributed by atoms with Crippen LogP contribution in [0.5, 0.6) is 0 Å². The van der Waals surface area contributed by atoms with Gasteiger partial charge in [0.25, 0.3) is 0 Å². The summed E-state index contributed by atoms with van der Waals surface area (Å²) in [5, 5.41) is 5.30. The number of nitrogens with one attached hydrogen (secondary N) is 2. The van der Waals surface area contributed by atoms with Gasteiger partial charge in [-0.15, -0.1) is 11.3 Å². The van der Waals surface area contributed by atoms with Crippen molar-refractivity contribution in [2.75, 3.05) is 10.7 Å². The smallest absolute Gasteiger partial charge is 0.223 e. The first-order chi connectivity index (χ1) is 9.17. The molecule has 5 nitrogen and oxygen atoms in total. The van der Waals surface area contributed by atoms with Crippen LogP contribution >= 0.6 is 11.3 Å². The Morgan fingerprint density at radius 2 is 2.26 bits per heavy atom. The molecular formula is C13H16N4OS. The highest BCUT2D eigenvalue weighted by atomic mass is 32.1. The van der Waals surface area contributed by atoms with Gasteiger partial charge >= 0.3 is 0 Å². The summed E-state index contributed by atoms with van der Waals surface area (Å²) >= 11 is 1.45. The molecule has 0 unspecified atom stereocenters. The fraction of sp³-hybridized carbons (Fsp3) is 0.231. The number of hydrazine groups is 1. The molecule has 0 aliphatic rings. The summed E-state index contributed by atoms with van der Waals surface area (Å²) < 4.78 is 0. The highest BCUT2D eigenvalue weighted by Crippen LogP contribution is 2.17. The van der Waals surface area contributed by atoms with E-state index in [1.54, 1.807) is 0 Å². The highest BCUT2D eigenvalue weighted by Gasteiger charge is 2.04. The molecule has 2 aromatic rings. The zero-order valence-electron chi connectivity index (χ0n) is 10.6. The van der Waals surface area contributed by atoms with Gasteiger partial charge < -0.3 is 10.7 Å². The van der Waals surface area contributed by atoms with E-state index in [0.717, 1.165) is 24.2 Å². The molecule has 1 aromatic heterocycles. The number of thiazole rings is 1. The summed E-state index contributed by atoms with van der Waals surface area (Å²) in [6.07, 6.45) is 1.73. The second-order valence-corrected chi connectivity index (χ2v) is 5.03. The van der Waals surface area contributed by atoms with E-state index in [1.807, 2.05) is 23.6 Å². The van der Waals surface area contributed by atoms with E-state index in [2.05, 4.69) is 21.8 Å². The summed E-state index contributed by atoms with van der Waals surface area (Å²) in [6, 6.07) is 7.96. The van der Waals surface area contributed by atoms with Crippen LogP contribution in [0, 0.1) is 0 Å². The average molecular weight is 276 g/mol. The lowest BCUT2D eigenvalue weighted by atomic mass is 10.1. The number of aryl methyl sites for hydroxylation is 2. The van der Waals surface area contributed by atoms with Gasteiger partial charge in [-0.05, 0) is 30.5 Å². The number of hydrogen-bond donors (Lipinski definition) is 3. The number of carbonyl (C=O) groups is 1. The zero-order valence-corrected chi connectivity index (χ0v) is 11.5. The number of carbonyl (C=O) groups excluding carboxylic acids is 1. The molecule has 0 radical (unpaired) electrons. The number of benzene rings is 1. The molecule has 0 saturated heterocycles. The Hall–Kier alpha value is -1.92. The Bertz CT molecular complexity index is 567. The standard InChI is InChI=1S/C13H16N4OS/c1-9(18)15-13-16-12(8-19-13)6-5-10-3-2-4-11(7-10)17-14/h2-4,7-8,17H,5-6,14H2,1H3,(H,15,16,18). The van der Waals surface area contributed by atoms with Crippen LogP contribution in [-0.2, 0) is 17.6 Å². The third kappa shape index (κ3) is 4.04. The van der Waals surface area contributed by atoms with Gasteiger partial charge in [0.2, 0.25) is 5.91 Å². The van der Waals surface area contributed by atoms with E-state index in [9.17, 15) is 4.79 Å². The summed E-state index contributed by atoms with van der Waals surface area (Å²) in [6.45, 7) is 1.48. The van der Waals surface area contributed by atoms with Crippen molar-refractivity contribution in [1.29, 1.82) is 0 Å². The second kappa shape index (κ2) is 6.31. The summed E-state index contributed by atoms with van der Waals surface area (Å²) in [7, 11) is 0. The molecule has 2 rings (SSSR count). The minimum absolute atomic E-state index is 0.0948. The number of rotatable bonds is 5. The SMILES string of the molecule is CC(=O)Nc1nc(CCc2cccc(NN)c2)cs1. The van der Waals surface area contributed by atoms with E-state index < -0.39 is 0 Å². The lowest BCUT2D eigenvalue weighted by Gasteiger charge is -2.03. The van der Waals surface area contributed by atoms with Crippen molar-refractivity contribution in [3.05, 3.63) is 40.9 Å². The zero-order chi connectivity index (χ0) is 13.7. The van der Waals surface area contributed by atoms with Gasteiger partial charge in [-0.1, -0.05) is 12.1 Å². The van der Waals surface area contributed by atoms with Crippen molar-refractivity contribution in [3.8, 4) is 0 Å². The van der Waals surface area contributed by atoms with Crippen LogP contribution < -0.4 is 16.6 Å². The Kier molecular flexibility index (Phi) is 4.48. The Labute approximate surface area is 115 Å². The van der Waals surface area contributed by atoms with Crippen LogP contribution in [0.4, 0.5) is 10.8 Å². The van der Waals surface area contributed by atoms with E-state index in [4.69, 9.17) is 5.84 Å². The van der Waals surface area contributed by atoms with E-state index >= 15 is 0 Å². The average Bonchev–Trinajstić information content (AvgIpc) is 2.83. The maximum atomic E-state index is 10.9. The second-order valence-electron chi connectivity index (χ2n) is 4.17. The van der Waals surface area contributed by atoms with Gasteiger partial charge in [-0.25, -0.2) is 4.98 Å². The molecule has 0 aliphatic carbocycles. The highest BCUT2D eigenvalue weighted by molar-refractivity contribution is 7.13. The van der Waals surface area contributed by atoms with Crippen LogP contribution in [0.1, 0.15) is 18.2 Å². The predicted octanol–water partition coefficient (Wildman–Crippen LogP) is 2.17. The Morgan fingerprint density at radius 3 is 3.00 bits per heavy atom. The van der Waals surface area contributed by atoms with Crippen LogP contribution in [0.25, 0.3) is 0 Å².